The number of aromatic nitrogens is 1. The number of rotatable bonds is 3. The summed E-state index contributed by atoms with van der Waals surface area (Å²) in [5.41, 5.74) is 4.04. The Kier molecular flexibility index (Phi) is 2.85. The Balaban J connectivity index is 1.77. The highest BCUT2D eigenvalue weighted by Gasteiger charge is 2.13. The molecule has 0 fully saturated rings. The molecular weight excluding hydrogens is 228 g/mol. The summed E-state index contributed by atoms with van der Waals surface area (Å²) < 4.78 is 0. The van der Waals surface area contributed by atoms with Gasteiger partial charge in [-0.3, -0.25) is 0 Å². The van der Waals surface area contributed by atoms with Crippen molar-refractivity contribution in [2.24, 2.45) is 0 Å². The molecule has 17 heavy (non-hydrogen) atoms. The molecule has 0 bridgehead atoms. The maximum absolute atomic E-state index is 4.70. The zero-order chi connectivity index (χ0) is 11.7. The quantitative estimate of drug-likeness (QED) is 0.888. The number of hydrogen-bond donors (Lipinski definition) is 1. The molecular formula is C14H16N2S. The Bertz CT molecular complexity index is 505. The SMILES string of the molecule is CC(Nc1ccc2c(n1)CCC2)c1ccsc1. The molecule has 0 radical (unpaired) electrons. The van der Waals surface area contributed by atoms with E-state index in [2.05, 4.69) is 41.2 Å². The maximum Gasteiger partial charge on any atom is 0.126 e. The van der Waals surface area contributed by atoms with Crippen LogP contribution in [-0.2, 0) is 12.8 Å². The molecule has 0 spiro atoms. The minimum absolute atomic E-state index is 0.327. The largest absolute Gasteiger partial charge is 0.364 e. The summed E-state index contributed by atoms with van der Waals surface area (Å²) in [5.74, 6) is 1.00. The molecule has 0 saturated heterocycles. The van der Waals surface area contributed by atoms with Crippen LogP contribution >= 0.6 is 11.3 Å². The lowest BCUT2D eigenvalue weighted by Crippen LogP contribution is -2.07. The van der Waals surface area contributed by atoms with Crippen molar-refractivity contribution >= 4 is 17.2 Å². The second kappa shape index (κ2) is 4.49. The molecule has 1 N–H and O–H groups in total. The van der Waals surface area contributed by atoms with Crippen molar-refractivity contribution in [3.8, 4) is 0 Å². The Morgan fingerprint density at radius 3 is 3.06 bits per heavy atom. The lowest BCUT2D eigenvalue weighted by Gasteiger charge is -2.14. The minimum Gasteiger partial charge on any atom is -0.364 e. The molecule has 3 rings (SSSR count). The number of pyridine rings is 1. The first-order valence-electron chi connectivity index (χ1n) is 6.10. The topological polar surface area (TPSA) is 24.9 Å². The smallest absolute Gasteiger partial charge is 0.126 e. The van der Waals surface area contributed by atoms with Crippen LogP contribution in [-0.4, -0.2) is 4.98 Å². The van der Waals surface area contributed by atoms with E-state index in [1.165, 1.54) is 29.7 Å². The monoisotopic (exact) mass is 244 g/mol. The lowest BCUT2D eigenvalue weighted by molar-refractivity contribution is 0.870. The van der Waals surface area contributed by atoms with E-state index in [1.807, 2.05) is 0 Å². The van der Waals surface area contributed by atoms with E-state index >= 15 is 0 Å². The first-order chi connectivity index (χ1) is 8.33. The third-order valence-electron chi connectivity index (χ3n) is 3.34. The van der Waals surface area contributed by atoms with E-state index in [4.69, 9.17) is 4.98 Å². The fourth-order valence-corrected chi connectivity index (χ4v) is 3.08. The van der Waals surface area contributed by atoms with Crippen LogP contribution < -0.4 is 5.32 Å². The number of fused-ring (bicyclic) bond motifs is 1. The average molecular weight is 244 g/mol. The van der Waals surface area contributed by atoms with Crippen LogP contribution in [0.3, 0.4) is 0 Å². The molecule has 2 heterocycles. The molecule has 2 aromatic heterocycles. The van der Waals surface area contributed by atoms with Crippen LogP contribution in [0, 0.1) is 0 Å². The van der Waals surface area contributed by atoms with E-state index in [-0.39, 0.29) is 0 Å². The molecule has 2 nitrogen and oxygen atoms in total. The van der Waals surface area contributed by atoms with Crippen LogP contribution in [0.15, 0.2) is 29.0 Å². The second-order valence-corrected chi connectivity index (χ2v) is 5.36. The van der Waals surface area contributed by atoms with Gasteiger partial charge in [-0.15, -0.1) is 0 Å². The van der Waals surface area contributed by atoms with Gasteiger partial charge in [0.25, 0.3) is 0 Å². The molecule has 0 amide bonds. The second-order valence-electron chi connectivity index (χ2n) is 4.58. The molecule has 0 aliphatic heterocycles. The molecule has 1 atom stereocenters. The average Bonchev–Trinajstić information content (AvgIpc) is 2.99. The van der Waals surface area contributed by atoms with Gasteiger partial charge in [-0.2, -0.15) is 11.3 Å². The van der Waals surface area contributed by atoms with Gasteiger partial charge in [-0.25, -0.2) is 4.98 Å². The molecule has 1 unspecified atom stereocenters. The predicted octanol–water partition coefficient (Wildman–Crippen LogP) is 3.80. The first-order valence-corrected chi connectivity index (χ1v) is 7.04. The van der Waals surface area contributed by atoms with Crippen molar-refractivity contribution in [3.63, 3.8) is 0 Å². The van der Waals surface area contributed by atoms with E-state index in [0.29, 0.717) is 6.04 Å². The van der Waals surface area contributed by atoms with Crippen LogP contribution in [0.1, 0.15) is 36.2 Å². The summed E-state index contributed by atoms with van der Waals surface area (Å²) in [6.07, 6.45) is 3.59. The highest BCUT2D eigenvalue weighted by molar-refractivity contribution is 7.07. The molecule has 0 saturated carbocycles. The highest BCUT2D eigenvalue weighted by Crippen LogP contribution is 2.24. The fraction of sp³-hybridized carbons (Fsp3) is 0.357. The number of hydrogen-bond acceptors (Lipinski definition) is 3. The zero-order valence-corrected chi connectivity index (χ0v) is 10.8. The molecule has 3 heteroatoms. The van der Waals surface area contributed by atoms with E-state index in [0.717, 1.165) is 12.2 Å². The summed E-state index contributed by atoms with van der Waals surface area (Å²) in [6, 6.07) is 6.81. The van der Waals surface area contributed by atoms with Gasteiger partial charge in [0.1, 0.15) is 5.82 Å². The Morgan fingerprint density at radius 1 is 1.29 bits per heavy atom. The summed E-state index contributed by atoms with van der Waals surface area (Å²) in [6.45, 7) is 2.18. The molecule has 1 aliphatic carbocycles. The molecule has 2 aromatic rings. The predicted molar refractivity (Wildman–Crippen MR) is 72.6 cm³/mol. The summed E-state index contributed by atoms with van der Waals surface area (Å²) >= 11 is 1.74. The van der Waals surface area contributed by atoms with Gasteiger partial charge < -0.3 is 5.32 Å². The molecule has 0 aromatic carbocycles. The van der Waals surface area contributed by atoms with Crippen LogP contribution in [0.4, 0.5) is 5.82 Å². The number of nitrogens with zero attached hydrogens (tertiary/aromatic N) is 1. The standard InChI is InChI=1S/C14H16N2S/c1-10(12-7-8-17-9-12)15-14-6-5-11-3-2-4-13(11)16-14/h5-10H,2-4H2,1H3,(H,15,16). The van der Waals surface area contributed by atoms with Crippen molar-refractivity contribution in [1.82, 2.24) is 4.98 Å². The van der Waals surface area contributed by atoms with Crippen molar-refractivity contribution < 1.29 is 0 Å². The maximum atomic E-state index is 4.70. The Hall–Kier alpha value is -1.35. The van der Waals surface area contributed by atoms with Crippen molar-refractivity contribution in [2.45, 2.75) is 32.2 Å². The highest BCUT2D eigenvalue weighted by atomic mass is 32.1. The van der Waals surface area contributed by atoms with Crippen LogP contribution in [0.5, 0.6) is 0 Å². The van der Waals surface area contributed by atoms with E-state index < -0.39 is 0 Å². The van der Waals surface area contributed by atoms with Gasteiger partial charge in [-0.05, 0) is 60.2 Å². The van der Waals surface area contributed by atoms with Crippen molar-refractivity contribution in [2.75, 3.05) is 5.32 Å². The van der Waals surface area contributed by atoms with Crippen molar-refractivity contribution in [3.05, 3.63) is 45.8 Å². The fourth-order valence-electron chi connectivity index (χ4n) is 2.33. The first kappa shape index (κ1) is 10.8. The molecule has 1 aliphatic rings. The Morgan fingerprint density at radius 2 is 2.24 bits per heavy atom. The Labute approximate surface area is 106 Å². The third-order valence-corrected chi connectivity index (χ3v) is 4.04. The zero-order valence-electron chi connectivity index (χ0n) is 9.94. The van der Waals surface area contributed by atoms with Gasteiger partial charge in [0, 0.05) is 5.69 Å². The van der Waals surface area contributed by atoms with Gasteiger partial charge in [0.15, 0.2) is 0 Å². The van der Waals surface area contributed by atoms with Gasteiger partial charge >= 0.3 is 0 Å². The number of anilines is 1. The summed E-state index contributed by atoms with van der Waals surface area (Å²) in [5, 5.41) is 7.77. The van der Waals surface area contributed by atoms with Gasteiger partial charge in [-0.1, -0.05) is 6.07 Å². The van der Waals surface area contributed by atoms with Crippen molar-refractivity contribution in [1.29, 1.82) is 0 Å². The summed E-state index contributed by atoms with van der Waals surface area (Å²) in [7, 11) is 0. The number of nitrogens with one attached hydrogen (secondary N) is 1. The minimum atomic E-state index is 0.327. The van der Waals surface area contributed by atoms with Gasteiger partial charge in [0.05, 0.1) is 6.04 Å². The van der Waals surface area contributed by atoms with Crippen LogP contribution in [0.2, 0.25) is 0 Å². The number of aryl methyl sites for hydroxylation is 2. The van der Waals surface area contributed by atoms with Gasteiger partial charge in [0.2, 0.25) is 0 Å². The number of thiophene rings is 1. The van der Waals surface area contributed by atoms with Crippen LogP contribution in [0.25, 0.3) is 0 Å². The molecule has 88 valence electrons. The summed E-state index contributed by atoms with van der Waals surface area (Å²) in [4.78, 5) is 4.70. The normalized spacial score (nSPS) is 15.6. The third kappa shape index (κ3) is 2.20. The van der Waals surface area contributed by atoms with E-state index in [9.17, 15) is 0 Å². The van der Waals surface area contributed by atoms with E-state index in [1.54, 1.807) is 11.3 Å². The lowest BCUT2D eigenvalue weighted by atomic mass is 10.2.